The number of methoxy groups -OCH3 is 1. The van der Waals surface area contributed by atoms with Crippen LogP contribution in [-0.4, -0.2) is 148 Å². The van der Waals surface area contributed by atoms with Gasteiger partial charge in [-0.15, -0.1) is 0 Å². The molecule has 2 radical (unpaired) electrons. The molecule has 1 aromatic rings. The monoisotopic (exact) mass is 907 g/mol. The number of rotatable bonds is 30. The van der Waals surface area contributed by atoms with Crippen molar-refractivity contribution < 1.29 is 72.1 Å². The van der Waals surface area contributed by atoms with Crippen molar-refractivity contribution in [1.29, 1.82) is 0 Å². The van der Waals surface area contributed by atoms with Crippen LogP contribution >= 0.6 is 0 Å². The van der Waals surface area contributed by atoms with Gasteiger partial charge >= 0.3 is 5.97 Å². The lowest BCUT2D eigenvalue weighted by Gasteiger charge is -2.31. The minimum Gasteiger partial charge on any atom is -0.479 e. The molecule has 4 amide bonds. The number of hydrogen-bond donors (Lipinski definition) is 6. The molecule has 360 valence electrons. The summed E-state index contributed by atoms with van der Waals surface area (Å²) in [6.07, 6.45) is -0.831. The summed E-state index contributed by atoms with van der Waals surface area (Å²) in [4.78, 5) is 75.7. The van der Waals surface area contributed by atoms with Crippen LogP contribution in [0.25, 0.3) is 0 Å². The Morgan fingerprint density at radius 2 is 1.58 bits per heavy atom. The van der Waals surface area contributed by atoms with Gasteiger partial charge in [-0.05, 0) is 112 Å². The summed E-state index contributed by atoms with van der Waals surface area (Å²) in [7, 11) is 6.72. The molecule has 2 rings (SSSR count). The van der Waals surface area contributed by atoms with Crippen molar-refractivity contribution >= 4 is 43.3 Å². The zero-order valence-corrected chi connectivity index (χ0v) is 39.0. The Bertz CT molecular complexity index is 1670. The van der Waals surface area contributed by atoms with Gasteiger partial charge in [-0.2, -0.15) is 0 Å². The maximum atomic E-state index is 13.6. The molecule has 1 aliphatic heterocycles. The quantitative estimate of drug-likeness (QED) is 0.0479. The van der Waals surface area contributed by atoms with Gasteiger partial charge in [0.05, 0.1) is 42.1 Å². The maximum Gasteiger partial charge on any atom is 0.333 e. The predicted octanol–water partition coefficient (Wildman–Crippen LogP) is 3.05. The number of aliphatic hydroxyl groups is 1. The summed E-state index contributed by atoms with van der Waals surface area (Å²) in [5.74, 6) is -4.47. The van der Waals surface area contributed by atoms with Crippen LogP contribution in [0.3, 0.4) is 0 Å². The molecule has 1 fully saturated rings. The molecular weight excluding hydrogens is 835 g/mol. The number of unbranched alkanes of at least 4 members (excludes halogenated alkanes) is 1. The second-order valence-electron chi connectivity index (χ2n) is 17.9. The summed E-state index contributed by atoms with van der Waals surface area (Å²) < 4.78 is 38.9. The number of ether oxygens (including phenoxy) is 7. The summed E-state index contributed by atoms with van der Waals surface area (Å²) in [6, 6.07) is 3.31. The second kappa shape index (κ2) is 27.2. The molecule has 64 heavy (non-hydrogen) atoms. The van der Waals surface area contributed by atoms with Crippen LogP contribution in [0.1, 0.15) is 123 Å². The number of hydrogen-bond acceptors (Lipinski definition) is 14. The van der Waals surface area contributed by atoms with Gasteiger partial charge in [0.15, 0.2) is 6.10 Å². The molecule has 1 saturated heterocycles. The lowest BCUT2D eigenvalue weighted by molar-refractivity contribution is -0.195. The molecule has 1 aliphatic rings. The first kappa shape index (κ1) is 55.8. The summed E-state index contributed by atoms with van der Waals surface area (Å²) in [5, 5.41) is 30.7. The molecule has 0 saturated carbocycles. The van der Waals surface area contributed by atoms with E-state index in [1.807, 2.05) is 55.4 Å². The highest BCUT2D eigenvalue weighted by molar-refractivity contribution is 6.55. The first-order valence-electron chi connectivity index (χ1n) is 21.7. The van der Waals surface area contributed by atoms with Crippen molar-refractivity contribution in [2.75, 3.05) is 46.6 Å². The minimum absolute atomic E-state index is 0.0314. The van der Waals surface area contributed by atoms with Crippen LogP contribution in [0.5, 0.6) is 5.75 Å². The lowest BCUT2D eigenvalue weighted by atomic mass is 9.99. The van der Waals surface area contributed by atoms with E-state index in [-0.39, 0.29) is 67.9 Å². The second-order valence-corrected chi connectivity index (χ2v) is 17.9. The number of carboxylic acid groups (broad SMARTS) is 1. The molecule has 20 heteroatoms. The lowest BCUT2D eigenvalue weighted by Crippen LogP contribution is -2.54. The van der Waals surface area contributed by atoms with E-state index < -0.39 is 71.8 Å². The third kappa shape index (κ3) is 23.0. The molecule has 0 aromatic heterocycles. The maximum absolute atomic E-state index is 13.6. The largest absolute Gasteiger partial charge is 0.479 e. The highest BCUT2D eigenvalue weighted by atomic mass is 16.7. The van der Waals surface area contributed by atoms with Gasteiger partial charge in [0.2, 0.25) is 37.7 Å². The first-order chi connectivity index (χ1) is 29.9. The number of benzene rings is 1. The van der Waals surface area contributed by atoms with E-state index in [1.54, 1.807) is 7.11 Å². The van der Waals surface area contributed by atoms with Crippen molar-refractivity contribution in [2.45, 2.75) is 161 Å². The topological polar surface area (TPSA) is 256 Å². The zero-order chi connectivity index (χ0) is 48.1. The van der Waals surface area contributed by atoms with Crippen molar-refractivity contribution in [3.05, 3.63) is 29.3 Å². The molecule has 3 unspecified atom stereocenters. The molecule has 0 aliphatic carbocycles. The molecule has 4 atom stereocenters. The van der Waals surface area contributed by atoms with Crippen LogP contribution in [-0.2, 0) is 54.2 Å². The third-order valence-electron chi connectivity index (χ3n) is 10.1. The SMILES string of the molecule is [B]C(=O)OCc1ccc(O[C@H]2CC(O)CC(C(=O)O)O2)c(C(=O)NCC(=O)NCCCCC(NC(=O)COC(C)(C)CCOC(C)(C)CCOC)C(=O)NC(C)(C)CCOC(C)C)c1. The van der Waals surface area contributed by atoms with Gasteiger partial charge in [0, 0.05) is 45.2 Å². The number of amides is 4. The number of aliphatic carboxylic acids is 1. The molecular formula is C44H71BN4O15. The standard InChI is InChI=1S/C44H71BN4O15/c1-28(2)59-20-15-42(3,4)49-39(54)32(48-36(52)27-62-44(7,8)17-21-61-43(5,6)16-19-58-9)12-10-11-18-46-35(51)25-47-38(53)31-22-29(26-60-41(45)57)13-14-33(31)63-37-24-30(50)23-34(64-37)40(55)56/h13-14,22,28,30,32,34,37,50H,10-12,15-21,23-27H2,1-9H3,(H,46,51)(H,47,53)(H,48,52)(H,49,54)(H,55,56)/t30?,32?,34?,37-/m1/s1. The Morgan fingerprint density at radius 1 is 0.891 bits per heavy atom. The van der Waals surface area contributed by atoms with Gasteiger partial charge < -0.3 is 64.6 Å². The average molecular weight is 907 g/mol. The van der Waals surface area contributed by atoms with Gasteiger partial charge in [0.1, 0.15) is 25.0 Å². The highest BCUT2D eigenvalue weighted by Gasteiger charge is 2.35. The number of aliphatic hydroxyl groups excluding tert-OH is 1. The predicted molar refractivity (Wildman–Crippen MR) is 235 cm³/mol. The summed E-state index contributed by atoms with van der Waals surface area (Å²) in [5.41, 5.74) is -1.43. The van der Waals surface area contributed by atoms with E-state index in [1.165, 1.54) is 18.2 Å². The normalized spacial score (nSPS) is 17.3. The van der Waals surface area contributed by atoms with Crippen molar-refractivity contribution in [3.8, 4) is 5.75 Å². The molecule has 19 nitrogen and oxygen atoms in total. The highest BCUT2D eigenvalue weighted by Crippen LogP contribution is 2.27. The van der Waals surface area contributed by atoms with Crippen LogP contribution in [0.2, 0.25) is 0 Å². The van der Waals surface area contributed by atoms with Gasteiger partial charge in [-0.25, -0.2) is 4.79 Å². The van der Waals surface area contributed by atoms with Crippen molar-refractivity contribution in [2.24, 2.45) is 0 Å². The van der Waals surface area contributed by atoms with Crippen molar-refractivity contribution in [1.82, 2.24) is 21.3 Å². The Morgan fingerprint density at radius 3 is 2.23 bits per heavy atom. The van der Waals surface area contributed by atoms with Crippen LogP contribution in [0, 0.1) is 0 Å². The van der Waals surface area contributed by atoms with Crippen LogP contribution in [0.15, 0.2) is 18.2 Å². The number of carbonyl (C=O) groups is 6. The Hall–Kier alpha value is -4.34. The number of carbonyl (C=O) groups excluding carboxylic acids is 5. The van der Waals surface area contributed by atoms with E-state index in [4.69, 9.17) is 41.0 Å². The molecule has 6 N–H and O–H groups in total. The van der Waals surface area contributed by atoms with Crippen LogP contribution < -0.4 is 26.0 Å². The molecule has 0 spiro atoms. The van der Waals surface area contributed by atoms with E-state index in [0.29, 0.717) is 51.1 Å². The fourth-order valence-corrected chi connectivity index (χ4v) is 6.22. The number of carboxylic acids is 1. The Balaban J connectivity index is 2.00. The fraction of sp³-hybridized carbons (Fsp3) is 0.727. The smallest absolute Gasteiger partial charge is 0.333 e. The van der Waals surface area contributed by atoms with Crippen LogP contribution in [0.4, 0.5) is 4.79 Å². The summed E-state index contributed by atoms with van der Waals surface area (Å²) >= 11 is 0. The minimum atomic E-state index is -1.33. The summed E-state index contributed by atoms with van der Waals surface area (Å²) in [6.45, 7) is 15.9. The van der Waals surface area contributed by atoms with E-state index in [2.05, 4.69) is 21.3 Å². The van der Waals surface area contributed by atoms with E-state index in [0.717, 1.165) is 6.42 Å². The van der Waals surface area contributed by atoms with Gasteiger partial charge in [-0.3, -0.25) is 24.0 Å². The van der Waals surface area contributed by atoms with E-state index in [9.17, 15) is 39.0 Å². The molecule has 0 bridgehead atoms. The van der Waals surface area contributed by atoms with Gasteiger partial charge in [0.25, 0.3) is 5.91 Å². The fourth-order valence-electron chi connectivity index (χ4n) is 6.22. The van der Waals surface area contributed by atoms with Gasteiger partial charge in [-0.1, -0.05) is 6.07 Å². The third-order valence-corrected chi connectivity index (χ3v) is 10.1. The van der Waals surface area contributed by atoms with Crippen molar-refractivity contribution in [3.63, 3.8) is 0 Å². The zero-order valence-electron chi connectivity index (χ0n) is 39.0. The molecule has 1 aromatic carbocycles. The first-order valence-corrected chi connectivity index (χ1v) is 21.7. The Labute approximate surface area is 378 Å². The average Bonchev–Trinajstić information content (AvgIpc) is 3.19. The Kier molecular flexibility index (Phi) is 23.7. The van der Waals surface area contributed by atoms with E-state index >= 15 is 0 Å². The number of nitrogens with one attached hydrogen (secondary N) is 4. The molecule has 1 heterocycles.